The summed E-state index contributed by atoms with van der Waals surface area (Å²) in [5, 5.41) is 2.17. The second kappa shape index (κ2) is 6.78. The molecule has 0 bridgehead atoms. The first kappa shape index (κ1) is 16.6. The Morgan fingerprint density at radius 1 is 1.25 bits per heavy atom. The summed E-state index contributed by atoms with van der Waals surface area (Å²) in [5.74, 6) is -1.25. The first-order valence-electron chi connectivity index (χ1n) is 6.79. The maximum atomic E-state index is 12.8. The van der Waals surface area contributed by atoms with E-state index in [0.717, 1.165) is 12.8 Å². The van der Waals surface area contributed by atoms with E-state index in [0.29, 0.717) is 12.8 Å². The molecule has 0 unspecified atom stereocenters. The number of nitrogens with one attached hydrogen (secondary N) is 1. The van der Waals surface area contributed by atoms with E-state index in [4.69, 9.17) is 18.0 Å². The van der Waals surface area contributed by atoms with Crippen molar-refractivity contribution in [3.05, 3.63) is 0 Å². The molecule has 0 aliphatic carbocycles. The Morgan fingerprint density at radius 3 is 2.05 bits per heavy atom. The lowest BCUT2D eigenvalue weighted by Gasteiger charge is -2.37. The largest absolute Gasteiger partial charge is 0.392 e. The highest BCUT2D eigenvalue weighted by molar-refractivity contribution is 7.80. The first-order valence-corrected chi connectivity index (χ1v) is 7.20. The third-order valence-electron chi connectivity index (χ3n) is 3.47. The maximum Gasteiger partial charge on any atom is 0.246 e. The van der Waals surface area contributed by atoms with Gasteiger partial charge in [0.2, 0.25) is 17.7 Å². The Bertz CT molecular complexity index is 415. The Kier molecular flexibility index (Phi) is 5.62. The monoisotopic (exact) mass is 299 g/mol. The number of thiocarbonyl (C=S) groups is 1. The molecule has 1 aliphatic rings. The molecule has 1 aliphatic heterocycles. The minimum absolute atomic E-state index is 0.123. The molecular formula is C13H21N3O3S. The molecule has 0 aromatic carbocycles. The number of rotatable bonds is 6. The van der Waals surface area contributed by atoms with Crippen LogP contribution in [0.15, 0.2) is 0 Å². The van der Waals surface area contributed by atoms with Crippen LogP contribution in [0.3, 0.4) is 0 Å². The van der Waals surface area contributed by atoms with Crippen LogP contribution < -0.4 is 11.1 Å². The number of carbonyl (C=O) groups is 3. The molecule has 1 saturated heterocycles. The number of carbonyl (C=O) groups excluding carboxylic acids is 3. The molecule has 0 spiro atoms. The summed E-state index contributed by atoms with van der Waals surface area (Å²) in [7, 11) is 0. The summed E-state index contributed by atoms with van der Waals surface area (Å²) >= 11 is 5.11. The van der Waals surface area contributed by atoms with Crippen molar-refractivity contribution in [1.82, 2.24) is 10.2 Å². The van der Waals surface area contributed by atoms with E-state index in [1.165, 1.54) is 4.90 Å². The Hall–Kier alpha value is -1.50. The van der Waals surface area contributed by atoms with E-state index in [-0.39, 0.29) is 24.0 Å². The molecule has 112 valence electrons. The van der Waals surface area contributed by atoms with Crippen LogP contribution in [-0.4, -0.2) is 40.7 Å². The van der Waals surface area contributed by atoms with Crippen molar-refractivity contribution in [2.75, 3.05) is 13.1 Å². The molecule has 7 heteroatoms. The number of imide groups is 1. The Morgan fingerprint density at radius 2 is 1.70 bits per heavy atom. The smallest absolute Gasteiger partial charge is 0.246 e. The van der Waals surface area contributed by atoms with Crippen LogP contribution in [0.2, 0.25) is 0 Å². The fourth-order valence-corrected chi connectivity index (χ4v) is 2.92. The Labute approximate surface area is 124 Å². The molecule has 0 saturated carbocycles. The highest BCUT2D eigenvalue weighted by atomic mass is 32.1. The molecule has 3 amide bonds. The summed E-state index contributed by atoms with van der Waals surface area (Å²) in [5.41, 5.74) is 4.87. The normalized spacial score (nSPS) is 16.0. The average molecular weight is 299 g/mol. The summed E-state index contributed by atoms with van der Waals surface area (Å²) in [6.07, 6.45) is 2.55. The molecular weight excluding hydrogens is 278 g/mol. The minimum Gasteiger partial charge on any atom is -0.392 e. The van der Waals surface area contributed by atoms with Crippen molar-refractivity contribution in [3.8, 4) is 0 Å². The highest BCUT2D eigenvalue weighted by Gasteiger charge is 2.44. The molecule has 20 heavy (non-hydrogen) atoms. The van der Waals surface area contributed by atoms with Crippen molar-refractivity contribution in [3.63, 3.8) is 0 Å². The zero-order valence-corrected chi connectivity index (χ0v) is 12.7. The SMILES string of the molecule is CCCC(CCC)(C(=O)N1CC(=O)NC(=O)C1)C(N)=S. The van der Waals surface area contributed by atoms with Crippen LogP contribution in [0.1, 0.15) is 39.5 Å². The van der Waals surface area contributed by atoms with Gasteiger partial charge in [-0.2, -0.15) is 0 Å². The fourth-order valence-electron chi connectivity index (χ4n) is 2.63. The third kappa shape index (κ3) is 3.33. The summed E-state index contributed by atoms with van der Waals surface area (Å²) in [6, 6.07) is 0. The zero-order chi connectivity index (χ0) is 15.3. The molecule has 0 aromatic heterocycles. The zero-order valence-electron chi connectivity index (χ0n) is 11.9. The molecule has 0 atom stereocenters. The number of amides is 3. The fraction of sp³-hybridized carbons (Fsp3) is 0.692. The van der Waals surface area contributed by atoms with Gasteiger partial charge >= 0.3 is 0 Å². The van der Waals surface area contributed by atoms with E-state index in [1.54, 1.807) is 0 Å². The van der Waals surface area contributed by atoms with E-state index >= 15 is 0 Å². The molecule has 1 heterocycles. The van der Waals surface area contributed by atoms with Gasteiger partial charge in [-0.1, -0.05) is 38.9 Å². The van der Waals surface area contributed by atoms with Crippen LogP contribution in [0.5, 0.6) is 0 Å². The maximum absolute atomic E-state index is 12.8. The van der Waals surface area contributed by atoms with Crippen LogP contribution in [0, 0.1) is 5.41 Å². The van der Waals surface area contributed by atoms with Crippen LogP contribution in [-0.2, 0) is 14.4 Å². The summed E-state index contributed by atoms with van der Waals surface area (Å²) in [4.78, 5) is 37.0. The van der Waals surface area contributed by atoms with Gasteiger partial charge in [-0.15, -0.1) is 0 Å². The number of piperazine rings is 1. The van der Waals surface area contributed by atoms with E-state index in [9.17, 15) is 14.4 Å². The standard InChI is InChI=1S/C13H21N3O3S/c1-3-5-13(6-4-2,11(14)20)12(19)16-7-9(17)15-10(18)8-16/h3-8H2,1-2H3,(H2,14,20)(H,15,17,18). The van der Waals surface area contributed by atoms with Crippen LogP contribution >= 0.6 is 12.2 Å². The number of hydrogen-bond donors (Lipinski definition) is 2. The predicted molar refractivity (Wildman–Crippen MR) is 78.8 cm³/mol. The summed E-state index contributed by atoms with van der Waals surface area (Å²) in [6.45, 7) is 3.65. The van der Waals surface area contributed by atoms with Crippen molar-refractivity contribution in [1.29, 1.82) is 0 Å². The van der Waals surface area contributed by atoms with Gasteiger partial charge in [0.1, 0.15) is 13.1 Å². The van der Waals surface area contributed by atoms with Crippen molar-refractivity contribution in [2.45, 2.75) is 39.5 Å². The van der Waals surface area contributed by atoms with Gasteiger partial charge in [0, 0.05) is 0 Å². The summed E-state index contributed by atoms with van der Waals surface area (Å²) < 4.78 is 0. The van der Waals surface area contributed by atoms with Crippen LogP contribution in [0.4, 0.5) is 0 Å². The molecule has 0 radical (unpaired) electrons. The molecule has 0 aromatic rings. The predicted octanol–water partition coefficient (Wildman–Crippen LogP) is 0.344. The lowest BCUT2D eigenvalue weighted by molar-refractivity contribution is -0.149. The highest BCUT2D eigenvalue weighted by Crippen LogP contribution is 2.33. The van der Waals surface area contributed by atoms with Gasteiger partial charge in [0.05, 0.1) is 10.4 Å². The second-order valence-electron chi connectivity index (χ2n) is 5.08. The quantitative estimate of drug-likeness (QED) is 0.545. The van der Waals surface area contributed by atoms with Gasteiger partial charge in [0.25, 0.3) is 0 Å². The first-order chi connectivity index (χ1) is 9.37. The van der Waals surface area contributed by atoms with Crippen molar-refractivity contribution < 1.29 is 14.4 Å². The molecule has 3 N–H and O–H groups in total. The van der Waals surface area contributed by atoms with Crippen LogP contribution in [0.25, 0.3) is 0 Å². The van der Waals surface area contributed by atoms with Gasteiger partial charge in [-0.3, -0.25) is 19.7 Å². The molecule has 1 rings (SSSR count). The number of nitrogens with zero attached hydrogens (tertiary/aromatic N) is 1. The lowest BCUT2D eigenvalue weighted by Crippen LogP contribution is -2.59. The average Bonchev–Trinajstić information content (AvgIpc) is 2.36. The van der Waals surface area contributed by atoms with Crippen molar-refractivity contribution in [2.24, 2.45) is 11.1 Å². The van der Waals surface area contributed by atoms with Gasteiger partial charge < -0.3 is 10.6 Å². The van der Waals surface area contributed by atoms with Gasteiger partial charge in [-0.25, -0.2) is 0 Å². The molecule has 6 nitrogen and oxygen atoms in total. The van der Waals surface area contributed by atoms with Gasteiger partial charge in [0.15, 0.2) is 0 Å². The molecule has 1 fully saturated rings. The number of nitrogens with two attached hydrogens (primary N) is 1. The van der Waals surface area contributed by atoms with E-state index in [2.05, 4.69) is 5.32 Å². The second-order valence-corrected chi connectivity index (χ2v) is 5.52. The minimum atomic E-state index is -0.948. The Balaban J connectivity index is 3.06. The van der Waals surface area contributed by atoms with Gasteiger partial charge in [-0.05, 0) is 12.8 Å². The topological polar surface area (TPSA) is 92.5 Å². The third-order valence-corrected chi connectivity index (χ3v) is 3.86. The van der Waals surface area contributed by atoms with E-state index < -0.39 is 17.2 Å². The lowest BCUT2D eigenvalue weighted by atomic mass is 9.77. The van der Waals surface area contributed by atoms with Crippen molar-refractivity contribution >= 4 is 34.9 Å². The number of hydrogen-bond acceptors (Lipinski definition) is 4. The van der Waals surface area contributed by atoms with E-state index in [1.807, 2.05) is 13.8 Å².